The minimum atomic E-state index is -0.362. The van der Waals surface area contributed by atoms with Gasteiger partial charge in [0.25, 0.3) is 0 Å². The van der Waals surface area contributed by atoms with E-state index in [1.807, 2.05) is 0 Å². The molecule has 0 saturated carbocycles. The lowest BCUT2D eigenvalue weighted by Crippen LogP contribution is -2.01. The number of hydrogen-bond acceptors (Lipinski definition) is 5. The fourth-order valence-electron chi connectivity index (χ4n) is 2.11. The molecule has 0 fully saturated rings. The zero-order chi connectivity index (χ0) is 19.1. The highest BCUT2D eigenvalue weighted by Crippen LogP contribution is 2.26. The number of phenolic OH excluding ortho intramolecular Hbond substituents is 2. The van der Waals surface area contributed by atoms with Crippen molar-refractivity contribution < 1.29 is 24.5 Å². The summed E-state index contributed by atoms with van der Waals surface area (Å²) in [5.41, 5.74) is 1.25. The Hall–Kier alpha value is -3.05. The first-order chi connectivity index (χ1) is 12.4. The molecule has 0 aromatic heterocycles. The third kappa shape index (κ3) is 5.50. The van der Waals surface area contributed by atoms with E-state index in [4.69, 9.17) is 16.3 Å². The van der Waals surface area contributed by atoms with Crippen LogP contribution in [0.2, 0.25) is 5.02 Å². The Morgan fingerprint density at radius 2 is 1.54 bits per heavy atom. The number of halogens is 1. The second kappa shape index (κ2) is 8.87. The number of ketones is 2. The van der Waals surface area contributed by atoms with Crippen molar-refractivity contribution in [2.24, 2.45) is 0 Å². The average molecular weight is 373 g/mol. The van der Waals surface area contributed by atoms with Crippen molar-refractivity contribution >= 4 is 35.3 Å². The number of phenols is 2. The van der Waals surface area contributed by atoms with Crippen molar-refractivity contribution in [3.05, 3.63) is 64.7 Å². The first-order valence-corrected chi connectivity index (χ1v) is 8.04. The van der Waals surface area contributed by atoms with Gasteiger partial charge >= 0.3 is 0 Å². The van der Waals surface area contributed by atoms with Crippen LogP contribution < -0.4 is 4.74 Å². The van der Waals surface area contributed by atoms with Gasteiger partial charge in [0.2, 0.25) is 0 Å². The van der Waals surface area contributed by atoms with E-state index in [1.165, 1.54) is 49.6 Å². The van der Waals surface area contributed by atoms with Gasteiger partial charge < -0.3 is 14.9 Å². The summed E-state index contributed by atoms with van der Waals surface area (Å²) in [6.07, 6.45) is 5.32. The lowest BCUT2D eigenvalue weighted by Gasteiger charge is -2.03. The standard InChI is InChI=1S/C20H17ClO5/c1-26-20-9-5-14(11-19(20)25)3-7-16(23)12-15(22)6-2-13-4-8-18(24)17(21)10-13/h2-11,24-25H,12H2,1H3/b6-2+,7-3+. The molecule has 2 aromatic rings. The molecule has 2 aromatic carbocycles. The van der Waals surface area contributed by atoms with Crippen LogP contribution in [0.4, 0.5) is 0 Å². The summed E-state index contributed by atoms with van der Waals surface area (Å²) < 4.78 is 4.94. The average Bonchev–Trinajstić information content (AvgIpc) is 2.61. The maximum atomic E-state index is 11.9. The first kappa shape index (κ1) is 19.3. The van der Waals surface area contributed by atoms with E-state index in [2.05, 4.69) is 0 Å². The first-order valence-electron chi connectivity index (χ1n) is 7.66. The SMILES string of the molecule is COc1ccc(/C=C/C(=O)CC(=O)/C=C/c2ccc(O)c(Cl)c2)cc1O. The second-order valence-corrected chi connectivity index (χ2v) is 5.83. The Kier molecular flexibility index (Phi) is 6.58. The van der Waals surface area contributed by atoms with Crippen molar-refractivity contribution in [3.63, 3.8) is 0 Å². The minimum Gasteiger partial charge on any atom is -0.506 e. The second-order valence-electron chi connectivity index (χ2n) is 5.42. The maximum Gasteiger partial charge on any atom is 0.163 e. The Bertz CT molecular complexity index is 884. The summed E-state index contributed by atoms with van der Waals surface area (Å²) in [6.45, 7) is 0. The number of ether oxygens (including phenoxy) is 1. The van der Waals surface area contributed by atoms with Crippen molar-refractivity contribution in [2.45, 2.75) is 6.42 Å². The molecule has 0 aliphatic heterocycles. The van der Waals surface area contributed by atoms with Gasteiger partial charge in [-0.15, -0.1) is 0 Å². The van der Waals surface area contributed by atoms with Crippen LogP contribution in [0.5, 0.6) is 17.2 Å². The molecule has 0 radical (unpaired) electrons. The number of methoxy groups -OCH3 is 1. The molecule has 2 rings (SSSR count). The van der Waals surface area contributed by atoms with Crippen LogP contribution in [0.15, 0.2) is 48.6 Å². The predicted octanol–water partition coefficient (Wildman–Crippen LogP) is 4.01. The van der Waals surface area contributed by atoms with E-state index in [0.717, 1.165) is 0 Å². The summed E-state index contributed by atoms with van der Waals surface area (Å²) in [4.78, 5) is 23.7. The quantitative estimate of drug-likeness (QED) is 0.566. The normalized spacial score (nSPS) is 11.2. The van der Waals surface area contributed by atoms with Crippen LogP contribution in [0.3, 0.4) is 0 Å². The molecule has 0 unspecified atom stereocenters. The highest BCUT2D eigenvalue weighted by Gasteiger charge is 2.05. The van der Waals surface area contributed by atoms with Crippen molar-refractivity contribution in [2.75, 3.05) is 7.11 Å². The maximum absolute atomic E-state index is 11.9. The molecular weight excluding hydrogens is 356 g/mol. The molecule has 0 spiro atoms. The Morgan fingerprint density at radius 3 is 2.08 bits per heavy atom. The van der Waals surface area contributed by atoms with Crippen LogP contribution in [0.25, 0.3) is 12.2 Å². The zero-order valence-corrected chi connectivity index (χ0v) is 14.7. The molecule has 2 N–H and O–H groups in total. The molecule has 0 amide bonds. The molecule has 5 nitrogen and oxygen atoms in total. The van der Waals surface area contributed by atoms with Crippen LogP contribution in [-0.2, 0) is 9.59 Å². The fraction of sp³-hybridized carbons (Fsp3) is 0.100. The summed E-state index contributed by atoms with van der Waals surface area (Å²) in [7, 11) is 1.44. The predicted molar refractivity (Wildman–Crippen MR) is 100 cm³/mol. The van der Waals surface area contributed by atoms with Crippen LogP contribution in [0.1, 0.15) is 17.5 Å². The molecular formula is C20H17ClO5. The van der Waals surface area contributed by atoms with E-state index in [9.17, 15) is 19.8 Å². The van der Waals surface area contributed by atoms with Crippen molar-refractivity contribution in [3.8, 4) is 17.2 Å². The monoisotopic (exact) mass is 372 g/mol. The number of carbonyl (C=O) groups excluding carboxylic acids is 2. The van der Waals surface area contributed by atoms with Crippen LogP contribution in [-0.4, -0.2) is 28.9 Å². The van der Waals surface area contributed by atoms with Gasteiger partial charge in [-0.25, -0.2) is 0 Å². The number of rotatable bonds is 7. The van der Waals surface area contributed by atoms with Gasteiger partial charge in [-0.1, -0.05) is 35.9 Å². The molecule has 0 atom stereocenters. The highest BCUT2D eigenvalue weighted by molar-refractivity contribution is 6.32. The molecule has 26 heavy (non-hydrogen) atoms. The van der Waals surface area contributed by atoms with E-state index >= 15 is 0 Å². The van der Waals surface area contributed by atoms with Gasteiger partial charge in [0, 0.05) is 0 Å². The highest BCUT2D eigenvalue weighted by atomic mass is 35.5. The van der Waals surface area contributed by atoms with Crippen molar-refractivity contribution in [1.82, 2.24) is 0 Å². The Balaban J connectivity index is 1.94. The van der Waals surface area contributed by atoms with Gasteiger partial charge in [-0.05, 0) is 47.5 Å². The van der Waals surface area contributed by atoms with E-state index in [-0.39, 0.29) is 34.5 Å². The summed E-state index contributed by atoms with van der Waals surface area (Å²) >= 11 is 5.79. The van der Waals surface area contributed by atoms with Gasteiger partial charge in [-0.3, -0.25) is 9.59 Å². The van der Waals surface area contributed by atoms with E-state index < -0.39 is 0 Å². The Labute approximate surface area is 155 Å². The van der Waals surface area contributed by atoms with Gasteiger partial charge in [-0.2, -0.15) is 0 Å². The van der Waals surface area contributed by atoms with Crippen molar-refractivity contribution in [1.29, 1.82) is 0 Å². The summed E-state index contributed by atoms with van der Waals surface area (Å²) in [6, 6.07) is 9.25. The molecule has 0 bridgehead atoms. The summed E-state index contributed by atoms with van der Waals surface area (Å²) in [5, 5.41) is 19.2. The third-order valence-electron chi connectivity index (χ3n) is 3.45. The molecule has 134 valence electrons. The summed E-state index contributed by atoms with van der Waals surface area (Å²) in [5.74, 6) is -0.461. The third-order valence-corrected chi connectivity index (χ3v) is 3.75. The minimum absolute atomic E-state index is 0.0336. The van der Waals surface area contributed by atoms with Crippen LogP contribution in [0, 0.1) is 0 Å². The number of aromatic hydroxyl groups is 2. The van der Waals surface area contributed by atoms with Gasteiger partial charge in [0.1, 0.15) is 5.75 Å². The fourth-order valence-corrected chi connectivity index (χ4v) is 2.29. The number of carbonyl (C=O) groups is 2. The lowest BCUT2D eigenvalue weighted by molar-refractivity contribution is -0.121. The van der Waals surface area contributed by atoms with E-state index in [0.29, 0.717) is 16.9 Å². The smallest absolute Gasteiger partial charge is 0.163 e. The Morgan fingerprint density at radius 1 is 0.962 bits per heavy atom. The zero-order valence-electron chi connectivity index (χ0n) is 14.0. The number of benzene rings is 2. The number of hydrogen-bond donors (Lipinski definition) is 2. The van der Waals surface area contributed by atoms with Gasteiger partial charge in [0.05, 0.1) is 18.6 Å². The molecule has 6 heteroatoms. The molecule has 0 heterocycles. The molecule has 0 aliphatic rings. The molecule has 0 saturated heterocycles. The lowest BCUT2D eigenvalue weighted by atomic mass is 10.1. The molecule has 0 aliphatic carbocycles. The van der Waals surface area contributed by atoms with Crippen LogP contribution >= 0.6 is 11.6 Å². The largest absolute Gasteiger partial charge is 0.506 e. The number of allylic oxidation sites excluding steroid dienone is 2. The van der Waals surface area contributed by atoms with Gasteiger partial charge in [0.15, 0.2) is 23.1 Å². The topological polar surface area (TPSA) is 83.8 Å². The van der Waals surface area contributed by atoms with E-state index in [1.54, 1.807) is 18.2 Å².